The first-order valence-corrected chi connectivity index (χ1v) is 6.77. The number of hydrogen-bond acceptors (Lipinski definition) is 3. The summed E-state index contributed by atoms with van der Waals surface area (Å²) in [6.07, 6.45) is -1.03. The zero-order valence-corrected chi connectivity index (χ0v) is 9.77. The van der Waals surface area contributed by atoms with E-state index < -0.39 is 44.7 Å². The van der Waals surface area contributed by atoms with Crippen LogP contribution in [-0.4, -0.2) is 25.5 Å². The van der Waals surface area contributed by atoms with Gasteiger partial charge in [-0.1, -0.05) is 0 Å². The van der Waals surface area contributed by atoms with Crippen molar-refractivity contribution in [1.82, 2.24) is 0 Å². The lowest BCUT2D eigenvalue weighted by Crippen LogP contribution is -2.11. The van der Waals surface area contributed by atoms with Gasteiger partial charge in [0.1, 0.15) is 27.3 Å². The molecule has 1 aromatic carbocycles. The van der Waals surface area contributed by atoms with Gasteiger partial charge in [-0.15, -0.1) is 0 Å². The summed E-state index contributed by atoms with van der Waals surface area (Å²) >= 11 is 0. The van der Waals surface area contributed by atoms with Gasteiger partial charge in [-0.05, 0) is 6.42 Å². The van der Waals surface area contributed by atoms with Crippen LogP contribution in [0.5, 0.6) is 0 Å². The van der Waals surface area contributed by atoms with Crippen molar-refractivity contribution >= 4 is 9.84 Å². The molecule has 1 rings (SSSR count). The molecule has 0 aliphatic rings. The molecular weight excluding hydrogens is 257 g/mol. The van der Waals surface area contributed by atoms with E-state index in [9.17, 15) is 26.7 Å². The summed E-state index contributed by atoms with van der Waals surface area (Å²) in [5.41, 5.74) is -0.713. The molecule has 0 heterocycles. The number of halogens is 3. The second kappa shape index (κ2) is 5.05. The molecule has 96 valence electrons. The highest BCUT2D eigenvalue weighted by atomic mass is 32.2. The molecule has 1 atom stereocenters. The first-order chi connectivity index (χ1) is 7.70. The first kappa shape index (κ1) is 14.0. The number of aliphatic hydroxyl groups is 1. The van der Waals surface area contributed by atoms with Crippen molar-refractivity contribution in [3.63, 3.8) is 0 Å². The van der Waals surface area contributed by atoms with Crippen LogP contribution in [0, 0.1) is 17.5 Å². The average Bonchev–Trinajstić information content (AvgIpc) is 2.11. The third-order valence-electron chi connectivity index (χ3n) is 2.14. The Balaban J connectivity index is 2.93. The Labute approximate surface area is 96.8 Å². The Kier molecular flexibility index (Phi) is 4.16. The van der Waals surface area contributed by atoms with E-state index in [-0.39, 0.29) is 6.42 Å². The largest absolute Gasteiger partial charge is 0.388 e. The zero-order chi connectivity index (χ0) is 13.2. The van der Waals surface area contributed by atoms with Crippen molar-refractivity contribution in [2.24, 2.45) is 0 Å². The van der Waals surface area contributed by atoms with Gasteiger partial charge in [0, 0.05) is 18.4 Å². The summed E-state index contributed by atoms with van der Waals surface area (Å²) in [6, 6.07) is 0.865. The number of benzene rings is 1. The van der Waals surface area contributed by atoms with Crippen LogP contribution < -0.4 is 0 Å². The lowest BCUT2D eigenvalue weighted by molar-refractivity contribution is 0.164. The smallest absolute Gasteiger partial charge is 0.147 e. The van der Waals surface area contributed by atoms with Crippen molar-refractivity contribution in [3.05, 3.63) is 35.1 Å². The molecule has 0 amide bonds. The Morgan fingerprint density at radius 2 is 1.71 bits per heavy atom. The molecule has 0 radical (unpaired) electrons. The van der Waals surface area contributed by atoms with E-state index in [2.05, 4.69) is 0 Å². The zero-order valence-electron chi connectivity index (χ0n) is 8.95. The van der Waals surface area contributed by atoms with Crippen LogP contribution in [0.25, 0.3) is 0 Å². The van der Waals surface area contributed by atoms with Gasteiger partial charge in [-0.2, -0.15) is 0 Å². The Morgan fingerprint density at radius 1 is 1.24 bits per heavy atom. The van der Waals surface area contributed by atoms with E-state index >= 15 is 0 Å². The van der Waals surface area contributed by atoms with Crippen molar-refractivity contribution in [3.8, 4) is 0 Å². The van der Waals surface area contributed by atoms with E-state index in [1.165, 1.54) is 0 Å². The van der Waals surface area contributed by atoms with E-state index in [0.29, 0.717) is 12.1 Å². The summed E-state index contributed by atoms with van der Waals surface area (Å²) in [7, 11) is -3.34. The molecule has 1 aromatic rings. The van der Waals surface area contributed by atoms with Gasteiger partial charge in [0.05, 0.1) is 17.4 Å². The number of aliphatic hydroxyl groups excluding tert-OH is 1. The molecule has 0 aromatic heterocycles. The molecule has 0 fully saturated rings. The van der Waals surface area contributed by atoms with Crippen LogP contribution in [0.1, 0.15) is 18.1 Å². The fourth-order valence-electron chi connectivity index (χ4n) is 1.34. The second-order valence-electron chi connectivity index (χ2n) is 3.72. The van der Waals surface area contributed by atoms with E-state index in [1.54, 1.807) is 0 Å². The third kappa shape index (κ3) is 4.01. The highest BCUT2D eigenvalue weighted by Crippen LogP contribution is 2.24. The quantitative estimate of drug-likeness (QED) is 0.901. The average molecular weight is 268 g/mol. The fourth-order valence-corrected chi connectivity index (χ4v) is 1.99. The van der Waals surface area contributed by atoms with Crippen molar-refractivity contribution < 1.29 is 26.7 Å². The van der Waals surface area contributed by atoms with Crippen LogP contribution >= 0.6 is 0 Å². The van der Waals surface area contributed by atoms with E-state index in [4.69, 9.17) is 0 Å². The van der Waals surface area contributed by atoms with Gasteiger partial charge >= 0.3 is 0 Å². The van der Waals surface area contributed by atoms with E-state index in [1.807, 2.05) is 0 Å². The molecule has 0 spiro atoms. The molecule has 1 N–H and O–H groups in total. The Hall–Kier alpha value is -1.08. The molecule has 0 aliphatic carbocycles. The standard InChI is InChI=1S/C10H11F3O3S/c1-17(15,16)3-2-9(14)10-7(12)4-6(11)5-8(10)13/h4-5,9,14H,2-3H2,1H3. The predicted molar refractivity (Wildman–Crippen MR) is 55.6 cm³/mol. The lowest BCUT2D eigenvalue weighted by atomic mass is 10.1. The second-order valence-corrected chi connectivity index (χ2v) is 5.98. The predicted octanol–water partition coefficient (Wildman–Crippen LogP) is 1.57. The molecular formula is C10H11F3O3S. The maximum atomic E-state index is 13.2. The third-order valence-corrected chi connectivity index (χ3v) is 3.12. The molecule has 3 nitrogen and oxygen atoms in total. The van der Waals surface area contributed by atoms with Crippen LogP contribution in [0.2, 0.25) is 0 Å². The summed E-state index contributed by atoms with van der Waals surface area (Å²) in [6.45, 7) is 0. The maximum absolute atomic E-state index is 13.2. The summed E-state index contributed by atoms with van der Waals surface area (Å²) < 4.78 is 60.6. The topological polar surface area (TPSA) is 54.4 Å². The summed E-state index contributed by atoms with van der Waals surface area (Å²) in [5, 5.41) is 9.47. The SMILES string of the molecule is CS(=O)(=O)CCC(O)c1c(F)cc(F)cc1F. The minimum Gasteiger partial charge on any atom is -0.388 e. The first-order valence-electron chi connectivity index (χ1n) is 4.71. The highest BCUT2D eigenvalue weighted by Gasteiger charge is 2.20. The van der Waals surface area contributed by atoms with Crippen molar-refractivity contribution in [2.75, 3.05) is 12.0 Å². The Bertz CT molecular complexity index is 491. The summed E-state index contributed by atoms with van der Waals surface area (Å²) in [4.78, 5) is 0. The van der Waals surface area contributed by atoms with Gasteiger partial charge in [-0.25, -0.2) is 21.6 Å². The van der Waals surface area contributed by atoms with Crippen LogP contribution in [-0.2, 0) is 9.84 Å². The highest BCUT2D eigenvalue weighted by molar-refractivity contribution is 7.90. The maximum Gasteiger partial charge on any atom is 0.147 e. The number of hydrogen-bond donors (Lipinski definition) is 1. The molecule has 1 unspecified atom stereocenters. The van der Waals surface area contributed by atoms with Gasteiger partial charge in [0.25, 0.3) is 0 Å². The molecule has 17 heavy (non-hydrogen) atoms. The van der Waals surface area contributed by atoms with E-state index in [0.717, 1.165) is 6.26 Å². The van der Waals surface area contributed by atoms with Crippen LogP contribution in [0.3, 0.4) is 0 Å². The number of rotatable bonds is 4. The fraction of sp³-hybridized carbons (Fsp3) is 0.400. The molecule has 0 saturated heterocycles. The molecule has 0 aliphatic heterocycles. The van der Waals surface area contributed by atoms with Crippen molar-refractivity contribution in [2.45, 2.75) is 12.5 Å². The minimum absolute atomic E-state index is 0.349. The van der Waals surface area contributed by atoms with Crippen LogP contribution in [0.15, 0.2) is 12.1 Å². The molecule has 0 bridgehead atoms. The van der Waals surface area contributed by atoms with Crippen molar-refractivity contribution in [1.29, 1.82) is 0 Å². The minimum atomic E-state index is -3.34. The monoisotopic (exact) mass is 268 g/mol. The molecule has 0 saturated carbocycles. The molecule has 7 heteroatoms. The van der Waals surface area contributed by atoms with Gasteiger partial charge in [0.15, 0.2) is 0 Å². The van der Waals surface area contributed by atoms with Gasteiger partial charge in [0.2, 0.25) is 0 Å². The van der Waals surface area contributed by atoms with Gasteiger partial charge < -0.3 is 5.11 Å². The lowest BCUT2D eigenvalue weighted by Gasteiger charge is -2.12. The summed E-state index contributed by atoms with van der Waals surface area (Å²) in [5.74, 6) is -3.98. The van der Waals surface area contributed by atoms with Crippen LogP contribution in [0.4, 0.5) is 13.2 Å². The normalized spacial score (nSPS) is 13.7. The number of sulfone groups is 1. The van der Waals surface area contributed by atoms with Gasteiger partial charge in [-0.3, -0.25) is 0 Å². The Morgan fingerprint density at radius 3 is 2.12 bits per heavy atom.